The molecule has 1 atom stereocenters. The molecule has 2 N–H and O–H groups in total. The Morgan fingerprint density at radius 3 is 2.38 bits per heavy atom. The van der Waals surface area contributed by atoms with Crippen molar-refractivity contribution in [2.45, 2.75) is 37.9 Å². The molecule has 0 spiro atoms. The third-order valence-corrected chi connectivity index (χ3v) is 5.60. The third kappa shape index (κ3) is 4.38. The number of benzene rings is 1. The Balaban J connectivity index is 1.63. The molecule has 0 bridgehead atoms. The standard InChI is InChI=1S/C19H26F3N3O/c20-19(21,22)16(25-11-9-23-10-12-25)14-24-17(26)18(7-4-8-18)13-15-5-2-1-3-6-15/h1-3,5-6,16,23H,4,7-14H2,(H,24,26). The van der Waals surface area contributed by atoms with Crippen LogP contribution in [-0.2, 0) is 11.2 Å². The Kier molecular flexibility index (Phi) is 5.87. The molecule has 2 aliphatic rings. The van der Waals surface area contributed by atoms with Crippen molar-refractivity contribution in [3.63, 3.8) is 0 Å². The average molecular weight is 369 g/mol. The lowest BCUT2D eigenvalue weighted by atomic mass is 9.64. The van der Waals surface area contributed by atoms with E-state index in [4.69, 9.17) is 0 Å². The average Bonchev–Trinajstić information content (AvgIpc) is 2.59. The second-order valence-electron chi connectivity index (χ2n) is 7.35. The first kappa shape index (κ1) is 19.2. The van der Waals surface area contributed by atoms with Crippen molar-refractivity contribution >= 4 is 5.91 Å². The highest BCUT2D eigenvalue weighted by atomic mass is 19.4. The molecule has 2 fully saturated rings. The smallest absolute Gasteiger partial charge is 0.354 e. The van der Waals surface area contributed by atoms with Gasteiger partial charge in [0.05, 0.1) is 5.41 Å². The van der Waals surface area contributed by atoms with Crippen molar-refractivity contribution in [2.24, 2.45) is 5.41 Å². The fourth-order valence-corrected chi connectivity index (χ4v) is 3.90. The highest BCUT2D eigenvalue weighted by molar-refractivity contribution is 5.83. The summed E-state index contributed by atoms with van der Waals surface area (Å²) in [7, 11) is 0. The van der Waals surface area contributed by atoms with Crippen molar-refractivity contribution in [3.05, 3.63) is 35.9 Å². The van der Waals surface area contributed by atoms with E-state index >= 15 is 0 Å². The summed E-state index contributed by atoms with van der Waals surface area (Å²) in [6.45, 7) is 1.39. The second kappa shape index (κ2) is 7.96. The van der Waals surface area contributed by atoms with Gasteiger partial charge < -0.3 is 10.6 Å². The number of nitrogens with one attached hydrogen (secondary N) is 2. The van der Waals surface area contributed by atoms with Gasteiger partial charge in [0.2, 0.25) is 5.91 Å². The van der Waals surface area contributed by atoms with E-state index in [0.29, 0.717) is 32.6 Å². The van der Waals surface area contributed by atoms with Crippen LogP contribution in [0.5, 0.6) is 0 Å². The monoisotopic (exact) mass is 369 g/mol. The molecular formula is C19H26F3N3O. The van der Waals surface area contributed by atoms with Gasteiger partial charge in [-0.05, 0) is 24.8 Å². The Labute approximate surface area is 152 Å². The Bertz CT molecular complexity index is 596. The van der Waals surface area contributed by atoms with Crippen LogP contribution in [0.1, 0.15) is 24.8 Å². The maximum atomic E-state index is 13.5. The molecule has 144 valence electrons. The minimum Gasteiger partial charge on any atom is -0.354 e. The maximum Gasteiger partial charge on any atom is 0.405 e. The van der Waals surface area contributed by atoms with Crippen LogP contribution in [0.3, 0.4) is 0 Å². The molecule has 4 nitrogen and oxygen atoms in total. The zero-order chi connectivity index (χ0) is 18.6. The predicted octanol–water partition coefficient (Wildman–Crippen LogP) is 2.35. The van der Waals surface area contributed by atoms with Crippen molar-refractivity contribution in [3.8, 4) is 0 Å². The minimum atomic E-state index is -4.35. The van der Waals surface area contributed by atoms with Crippen LogP contribution in [0.25, 0.3) is 0 Å². The van der Waals surface area contributed by atoms with E-state index in [1.165, 1.54) is 4.90 Å². The molecule has 1 amide bonds. The third-order valence-electron chi connectivity index (χ3n) is 5.60. The fourth-order valence-electron chi connectivity index (χ4n) is 3.90. The van der Waals surface area contributed by atoms with E-state index in [1.54, 1.807) is 0 Å². The van der Waals surface area contributed by atoms with E-state index in [1.807, 2.05) is 30.3 Å². The highest BCUT2D eigenvalue weighted by Gasteiger charge is 2.47. The molecule has 1 saturated heterocycles. The lowest BCUT2D eigenvalue weighted by molar-refractivity contribution is -0.184. The summed E-state index contributed by atoms with van der Waals surface area (Å²) < 4.78 is 40.4. The molecule has 7 heteroatoms. The number of amides is 1. The Morgan fingerprint density at radius 2 is 1.85 bits per heavy atom. The van der Waals surface area contributed by atoms with Crippen molar-refractivity contribution in [1.29, 1.82) is 0 Å². The molecule has 26 heavy (non-hydrogen) atoms. The summed E-state index contributed by atoms with van der Waals surface area (Å²) in [4.78, 5) is 14.2. The van der Waals surface area contributed by atoms with Crippen LogP contribution in [-0.4, -0.2) is 55.7 Å². The van der Waals surface area contributed by atoms with Gasteiger partial charge in [0, 0.05) is 32.7 Å². The first-order valence-electron chi connectivity index (χ1n) is 9.24. The molecule has 1 aliphatic carbocycles. The van der Waals surface area contributed by atoms with E-state index in [2.05, 4.69) is 10.6 Å². The van der Waals surface area contributed by atoms with Crippen LogP contribution < -0.4 is 10.6 Å². The van der Waals surface area contributed by atoms with Crippen LogP contribution in [0.15, 0.2) is 30.3 Å². The molecule has 3 rings (SSSR count). The lowest BCUT2D eigenvalue weighted by Gasteiger charge is -2.42. The van der Waals surface area contributed by atoms with Gasteiger partial charge in [0.25, 0.3) is 0 Å². The first-order valence-corrected chi connectivity index (χ1v) is 9.24. The number of hydrogen-bond acceptors (Lipinski definition) is 3. The number of alkyl halides is 3. The van der Waals surface area contributed by atoms with E-state index in [9.17, 15) is 18.0 Å². The highest BCUT2D eigenvalue weighted by Crippen LogP contribution is 2.44. The summed E-state index contributed by atoms with van der Waals surface area (Å²) in [6.07, 6.45) is -1.35. The summed E-state index contributed by atoms with van der Waals surface area (Å²) in [5.41, 5.74) is 0.498. The molecule has 0 aromatic heterocycles. The van der Waals surface area contributed by atoms with Gasteiger partial charge in [0.1, 0.15) is 6.04 Å². The second-order valence-corrected chi connectivity index (χ2v) is 7.35. The Morgan fingerprint density at radius 1 is 1.19 bits per heavy atom. The molecule has 1 saturated carbocycles. The summed E-state index contributed by atoms with van der Waals surface area (Å²) in [5, 5.41) is 5.69. The summed E-state index contributed by atoms with van der Waals surface area (Å²) in [6, 6.07) is 8.06. The zero-order valence-corrected chi connectivity index (χ0v) is 14.8. The fraction of sp³-hybridized carbons (Fsp3) is 0.632. The van der Waals surface area contributed by atoms with Crippen LogP contribution in [0.4, 0.5) is 13.2 Å². The number of nitrogens with zero attached hydrogens (tertiary/aromatic N) is 1. The molecule has 1 heterocycles. The summed E-state index contributed by atoms with van der Waals surface area (Å²) >= 11 is 0. The quantitative estimate of drug-likeness (QED) is 0.809. The zero-order valence-electron chi connectivity index (χ0n) is 14.8. The SMILES string of the molecule is O=C(NCC(N1CCNCC1)C(F)(F)F)C1(Cc2ccccc2)CCC1. The van der Waals surface area contributed by atoms with E-state index < -0.39 is 17.6 Å². The number of halogens is 3. The number of carbonyl (C=O) groups excluding carboxylic acids is 1. The van der Waals surface area contributed by atoms with Crippen LogP contribution >= 0.6 is 0 Å². The number of hydrogen-bond donors (Lipinski definition) is 2. The van der Waals surface area contributed by atoms with Crippen LogP contribution in [0, 0.1) is 5.41 Å². The van der Waals surface area contributed by atoms with Crippen molar-refractivity contribution < 1.29 is 18.0 Å². The van der Waals surface area contributed by atoms with Crippen molar-refractivity contribution in [2.75, 3.05) is 32.7 Å². The van der Waals surface area contributed by atoms with Crippen LogP contribution in [0.2, 0.25) is 0 Å². The lowest BCUT2D eigenvalue weighted by Crippen LogP contribution is -2.59. The largest absolute Gasteiger partial charge is 0.405 e. The van der Waals surface area contributed by atoms with Gasteiger partial charge in [0.15, 0.2) is 0 Å². The van der Waals surface area contributed by atoms with Gasteiger partial charge in [-0.2, -0.15) is 13.2 Å². The van der Waals surface area contributed by atoms with Gasteiger partial charge >= 0.3 is 6.18 Å². The number of piperazine rings is 1. The molecule has 1 aliphatic heterocycles. The number of rotatable bonds is 6. The van der Waals surface area contributed by atoms with E-state index in [-0.39, 0.29) is 12.5 Å². The summed E-state index contributed by atoms with van der Waals surface area (Å²) in [5.74, 6) is -0.239. The normalized spacial score (nSPS) is 21.7. The van der Waals surface area contributed by atoms with Gasteiger partial charge in [-0.1, -0.05) is 36.8 Å². The Hall–Kier alpha value is -1.60. The topological polar surface area (TPSA) is 44.4 Å². The molecular weight excluding hydrogens is 343 g/mol. The predicted molar refractivity (Wildman–Crippen MR) is 93.7 cm³/mol. The van der Waals surface area contributed by atoms with Gasteiger partial charge in [-0.15, -0.1) is 0 Å². The van der Waals surface area contributed by atoms with Gasteiger partial charge in [-0.25, -0.2) is 0 Å². The number of carbonyl (C=O) groups is 1. The molecule has 1 aromatic rings. The first-order chi connectivity index (χ1) is 12.4. The van der Waals surface area contributed by atoms with E-state index in [0.717, 1.165) is 24.8 Å². The van der Waals surface area contributed by atoms with Gasteiger partial charge in [-0.3, -0.25) is 9.69 Å². The molecule has 1 unspecified atom stereocenters. The molecule has 0 radical (unpaired) electrons. The van der Waals surface area contributed by atoms with Crippen molar-refractivity contribution in [1.82, 2.24) is 15.5 Å². The minimum absolute atomic E-state index is 0.239. The molecule has 1 aromatic carbocycles. The maximum absolute atomic E-state index is 13.5.